The molecule has 2 nitrogen and oxygen atoms in total. The van der Waals surface area contributed by atoms with E-state index in [0.717, 1.165) is 30.0 Å². The number of fused-ring (bicyclic) bond motifs is 1. The van der Waals surface area contributed by atoms with Gasteiger partial charge in [0.25, 0.3) is 0 Å². The van der Waals surface area contributed by atoms with Gasteiger partial charge >= 0.3 is 0 Å². The van der Waals surface area contributed by atoms with Crippen molar-refractivity contribution in [1.29, 1.82) is 0 Å². The zero-order valence-corrected chi connectivity index (χ0v) is 9.72. The quantitative estimate of drug-likeness (QED) is 0.786. The predicted molar refractivity (Wildman–Crippen MR) is 61.0 cm³/mol. The highest BCUT2D eigenvalue weighted by Crippen LogP contribution is 2.30. The van der Waals surface area contributed by atoms with E-state index in [1.807, 2.05) is 0 Å². The number of pyridine rings is 1. The Balaban J connectivity index is 2.39. The van der Waals surface area contributed by atoms with E-state index in [1.54, 1.807) is 6.07 Å². The number of nitrogens with zero attached hydrogens (tertiary/aromatic N) is 1. The molecule has 1 atom stereocenters. The van der Waals surface area contributed by atoms with Gasteiger partial charge < -0.3 is 5.11 Å². The number of rotatable bonds is 2. The molecule has 1 aliphatic rings. The third kappa shape index (κ3) is 2.16. The number of aromatic nitrogens is 1. The molecule has 1 aliphatic carbocycles. The van der Waals surface area contributed by atoms with Crippen molar-refractivity contribution in [2.45, 2.75) is 39.2 Å². The molecule has 0 fully saturated rings. The number of aryl methyl sites for hydroxylation is 1. The normalized spacial score (nSPS) is 20.1. The van der Waals surface area contributed by atoms with Gasteiger partial charge in [0.1, 0.15) is 5.15 Å². The van der Waals surface area contributed by atoms with Crippen LogP contribution in [0.25, 0.3) is 0 Å². The molecule has 0 radical (unpaired) electrons. The lowest BCUT2D eigenvalue weighted by atomic mass is 9.83. The molecule has 3 heteroatoms. The van der Waals surface area contributed by atoms with Gasteiger partial charge in [-0.2, -0.15) is 0 Å². The standard InChI is InChI=1S/C12H16ClNO/c1-2-8-3-4-11-10(5-8)9(7-15)6-12(13)14-11/h6,8,15H,2-5,7H2,1H3. The van der Waals surface area contributed by atoms with Crippen LogP contribution in [0.4, 0.5) is 0 Å². The van der Waals surface area contributed by atoms with Crippen molar-refractivity contribution in [3.63, 3.8) is 0 Å². The zero-order valence-electron chi connectivity index (χ0n) is 8.96. The van der Waals surface area contributed by atoms with Crippen LogP contribution in [-0.2, 0) is 19.4 Å². The highest BCUT2D eigenvalue weighted by atomic mass is 35.5. The molecule has 0 bridgehead atoms. The molecular formula is C12H16ClNO. The van der Waals surface area contributed by atoms with Gasteiger partial charge in [0.15, 0.2) is 0 Å². The molecule has 1 N–H and O–H groups in total. The highest BCUT2D eigenvalue weighted by Gasteiger charge is 2.21. The third-order valence-corrected chi connectivity index (χ3v) is 3.49. The second-order valence-corrected chi connectivity index (χ2v) is 4.59. The van der Waals surface area contributed by atoms with Gasteiger partial charge in [-0.1, -0.05) is 24.9 Å². The van der Waals surface area contributed by atoms with Gasteiger partial charge in [-0.15, -0.1) is 0 Å². The van der Waals surface area contributed by atoms with Crippen LogP contribution in [0, 0.1) is 5.92 Å². The fraction of sp³-hybridized carbons (Fsp3) is 0.583. The molecule has 1 aromatic heterocycles. The molecule has 1 heterocycles. The fourth-order valence-electron chi connectivity index (χ4n) is 2.32. The number of hydrogen-bond donors (Lipinski definition) is 1. The Morgan fingerprint density at radius 1 is 1.60 bits per heavy atom. The molecule has 0 saturated heterocycles. The largest absolute Gasteiger partial charge is 0.392 e. The maximum atomic E-state index is 9.29. The Bertz CT molecular complexity index is 348. The van der Waals surface area contributed by atoms with Crippen molar-refractivity contribution in [2.75, 3.05) is 0 Å². The summed E-state index contributed by atoms with van der Waals surface area (Å²) in [7, 11) is 0. The topological polar surface area (TPSA) is 33.1 Å². The van der Waals surface area contributed by atoms with Gasteiger partial charge in [-0.05, 0) is 42.4 Å². The highest BCUT2D eigenvalue weighted by molar-refractivity contribution is 6.29. The monoisotopic (exact) mass is 225 g/mol. The molecule has 0 spiro atoms. The Labute approximate surface area is 95.3 Å². The molecule has 0 aromatic carbocycles. The number of aliphatic hydroxyl groups excluding tert-OH is 1. The molecule has 0 amide bonds. The van der Waals surface area contributed by atoms with Gasteiger partial charge in [0.05, 0.1) is 6.61 Å². The van der Waals surface area contributed by atoms with E-state index in [0.29, 0.717) is 5.15 Å². The van der Waals surface area contributed by atoms with E-state index in [9.17, 15) is 5.11 Å². The van der Waals surface area contributed by atoms with Crippen LogP contribution in [0.2, 0.25) is 5.15 Å². The molecular weight excluding hydrogens is 210 g/mol. The fourth-order valence-corrected chi connectivity index (χ4v) is 2.56. The minimum Gasteiger partial charge on any atom is -0.392 e. The van der Waals surface area contributed by atoms with E-state index in [4.69, 9.17) is 11.6 Å². The van der Waals surface area contributed by atoms with Gasteiger partial charge in [0.2, 0.25) is 0 Å². The summed E-state index contributed by atoms with van der Waals surface area (Å²) in [5.41, 5.74) is 3.29. The molecule has 2 rings (SSSR count). The van der Waals surface area contributed by atoms with E-state index in [-0.39, 0.29) is 6.61 Å². The number of hydrogen-bond acceptors (Lipinski definition) is 2. The SMILES string of the molecule is CCC1CCc2nc(Cl)cc(CO)c2C1. The van der Waals surface area contributed by atoms with Crippen LogP contribution in [-0.4, -0.2) is 10.1 Å². The first-order valence-corrected chi connectivity index (χ1v) is 5.90. The second-order valence-electron chi connectivity index (χ2n) is 4.20. The predicted octanol–water partition coefficient (Wildman–Crippen LogP) is 2.74. The lowest BCUT2D eigenvalue weighted by Gasteiger charge is -2.24. The average Bonchev–Trinajstić information content (AvgIpc) is 2.27. The number of aliphatic hydroxyl groups is 1. The van der Waals surface area contributed by atoms with Gasteiger partial charge in [0, 0.05) is 5.69 Å². The zero-order chi connectivity index (χ0) is 10.8. The molecule has 1 unspecified atom stereocenters. The second kappa shape index (κ2) is 4.50. The van der Waals surface area contributed by atoms with E-state index >= 15 is 0 Å². The number of halogens is 1. The van der Waals surface area contributed by atoms with Crippen molar-refractivity contribution >= 4 is 11.6 Å². The summed E-state index contributed by atoms with van der Waals surface area (Å²) in [5.74, 6) is 0.741. The smallest absolute Gasteiger partial charge is 0.129 e. The molecule has 15 heavy (non-hydrogen) atoms. The Morgan fingerprint density at radius 2 is 2.40 bits per heavy atom. The van der Waals surface area contributed by atoms with Gasteiger partial charge in [-0.3, -0.25) is 0 Å². The van der Waals surface area contributed by atoms with E-state index in [1.165, 1.54) is 18.4 Å². The summed E-state index contributed by atoms with van der Waals surface area (Å²) in [6, 6.07) is 1.79. The lowest BCUT2D eigenvalue weighted by Crippen LogP contribution is -2.17. The Kier molecular flexibility index (Phi) is 3.27. The van der Waals surface area contributed by atoms with Crippen molar-refractivity contribution in [2.24, 2.45) is 5.92 Å². The summed E-state index contributed by atoms with van der Waals surface area (Å²) in [6.45, 7) is 2.29. The van der Waals surface area contributed by atoms with Crippen LogP contribution < -0.4 is 0 Å². The summed E-state index contributed by atoms with van der Waals surface area (Å²) >= 11 is 5.91. The van der Waals surface area contributed by atoms with Crippen LogP contribution in [0.5, 0.6) is 0 Å². The van der Waals surface area contributed by atoms with Crippen molar-refractivity contribution < 1.29 is 5.11 Å². The van der Waals surface area contributed by atoms with Crippen molar-refractivity contribution in [3.05, 3.63) is 28.0 Å². The van der Waals surface area contributed by atoms with Crippen molar-refractivity contribution in [3.8, 4) is 0 Å². The maximum Gasteiger partial charge on any atom is 0.129 e. The summed E-state index contributed by atoms with van der Waals surface area (Å²) < 4.78 is 0. The lowest BCUT2D eigenvalue weighted by molar-refractivity contribution is 0.278. The van der Waals surface area contributed by atoms with Crippen molar-refractivity contribution in [1.82, 2.24) is 4.98 Å². The van der Waals surface area contributed by atoms with E-state index in [2.05, 4.69) is 11.9 Å². The summed E-state index contributed by atoms with van der Waals surface area (Å²) in [6.07, 6.45) is 4.45. The molecule has 0 saturated carbocycles. The first-order valence-electron chi connectivity index (χ1n) is 5.52. The van der Waals surface area contributed by atoms with Crippen LogP contribution in [0.15, 0.2) is 6.07 Å². The van der Waals surface area contributed by atoms with Crippen LogP contribution in [0.3, 0.4) is 0 Å². The molecule has 82 valence electrons. The molecule has 0 aliphatic heterocycles. The summed E-state index contributed by atoms with van der Waals surface area (Å²) in [4.78, 5) is 4.35. The van der Waals surface area contributed by atoms with Crippen LogP contribution >= 0.6 is 11.6 Å². The molecule has 1 aromatic rings. The van der Waals surface area contributed by atoms with Crippen LogP contribution in [0.1, 0.15) is 36.6 Å². The van der Waals surface area contributed by atoms with Gasteiger partial charge in [-0.25, -0.2) is 4.98 Å². The maximum absolute atomic E-state index is 9.29. The first-order chi connectivity index (χ1) is 7.24. The minimum atomic E-state index is 0.0704. The summed E-state index contributed by atoms with van der Waals surface area (Å²) in [5, 5.41) is 9.80. The van der Waals surface area contributed by atoms with E-state index < -0.39 is 0 Å². The third-order valence-electron chi connectivity index (χ3n) is 3.30. The first kappa shape index (κ1) is 10.9. The Hall–Kier alpha value is -0.600. The average molecular weight is 226 g/mol. The Morgan fingerprint density at radius 3 is 3.07 bits per heavy atom. The minimum absolute atomic E-state index is 0.0704.